The van der Waals surface area contributed by atoms with Gasteiger partial charge in [0.25, 0.3) is 0 Å². The van der Waals surface area contributed by atoms with E-state index >= 15 is 0 Å². The Labute approximate surface area is 127 Å². The molecule has 0 N–H and O–H groups in total. The van der Waals surface area contributed by atoms with E-state index in [4.69, 9.17) is 0 Å². The highest BCUT2D eigenvalue weighted by Crippen LogP contribution is 2.64. The number of hydrogen-bond donors (Lipinski definition) is 0. The molecule has 102 valence electrons. The van der Waals surface area contributed by atoms with Crippen LogP contribution in [-0.4, -0.2) is 0 Å². The third-order valence-electron chi connectivity index (χ3n) is 4.11. The van der Waals surface area contributed by atoms with Crippen molar-refractivity contribution in [3.05, 3.63) is 37.5 Å². The molecule has 0 aromatic rings. The van der Waals surface area contributed by atoms with Gasteiger partial charge in [-0.25, -0.2) is 0 Å². The van der Waals surface area contributed by atoms with E-state index in [0.717, 1.165) is 24.3 Å². The summed E-state index contributed by atoms with van der Waals surface area (Å²) < 4.78 is 0. The van der Waals surface area contributed by atoms with Crippen LogP contribution in [0.15, 0.2) is 37.5 Å². The average Bonchev–Trinajstić information content (AvgIpc) is 2.59. The van der Waals surface area contributed by atoms with E-state index in [9.17, 15) is 31.6 Å². The van der Waals surface area contributed by atoms with Gasteiger partial charge in [-0.05, 0) is 6.08 Å². The summed E-state index contributed by atoms with van der Waals surface area (Å²) in [5.41, 5.74) is -8.57. The Morgan fingerprint density at radius 1 is 0.682 bits per heavy atom. The minimum absolute atomic E-state index is 0.970. The Hall–Kier alpha value is -3.84. The van der Waals surface area contributed by atoms with E-state index in [1.807, 2.05) is 6.07 Å². The third kappa shape index (κ3) is 1.27. The second-order valence-corrected chi connectivity index (χ2v) is 4.65. The first-order valence-electron chi connectivity index (χ1n) is 5.90. The number of nitrogens with zero attached hydrogens (tertiary/aromatic N) is 6. The molecule has 0 radical (unpaired) electrons. The highest BCUT2D eigenvalue weighted by molar-refractivity contribution is 5.56. The van der Waals surface area contributed by atoms with Gasteiger partial charge in [0.1, 0.15) is 10.8 Å². The van der Waals surface area contributed by atoms with Crippen molar-refractivity contribution < 1.29 is 0 Å². The van der Waals surface area contributed by atoms with Gasteiger partial charge >= 0.3 is 0 Å². The summed E-state index contributed by atoms with van der Waals surface area (Å²) in [6.07, 6.45) is 4.25. The van der Waals surface area contributed by atoms with Crippen LogP contribution in [0.5, 0.6) is 0 Å². The second-order valence-electron chi connectivity index (χ2n) is 4.65. The van der Waals surface area contributed by atoms with Gasteiger partial charge in [-0.15, -0.1) is 13.2 Å². The quantitative estimate of drug-likeness (QED) is 0.709. The van der Waals surface area contributed by atoms with Crippen LogP contribution in [-0.2, 0) is 0 Å². The van der Waals surface area contributed by atoms with Gasteiger partial charge in [0.05, 0.1) is 36.4 Å². The average molecular weight is 284 g/mol. The van der Waals surface area contributed by atoms with E-state index in [1.54, 1.807) is 30.3 Å². The van der Waals surface area contributed by atoms with Crippen LogP contribution in [0.2, 0.25) is 0 Å². The maximum atomic E-state index is 9.69. The summed E-state index contributed by atoms with van der Waals surface area (Å²) in [4.78, 5) is 0. The second kappa shape index (κ2) is 4.93. The van der Waals surface area contributed by atoms with Crippen LogP contribution in [0, 0.1) is 89.6 Å². The molecule has 1 aliphatic carbocycles. The zero-order valence-corrected chi connectivity index (χ0v) is 11.4. The van der Waals surface area contributed by atoms with Gasteiger partial charge in [0.2, 0.25) is 5.41 Å². The predicted octanol–water partition coefficient (Wildman–Crippen LogP) is 2.02. The lowest BCUT2D eigenvalue weighted by Gasteiger charge is -2.49. The number of nitriles is 6. The summed E-state index contributed by atoms with van der Waals surface area (Å²) in [6, 6.07) is 10.1. The molecular weight excluding hydrogens is 276 g/mol. The Balaban J connectivity index is 4.27. The topological polar surface area (TPSA) is 143 Å². The van der Waals surface area contributed by atoms with E-state index in [1.165, 1.54) is 0 Å². The minimum atomic E-state index is -2.45. The molecule has 0 heterocycles. The Bertz CT molecular complexity index is 795. The van der Waals surface area contributed by atoms with E-state index in [0.29, 0.717) is 0 Å². The lowest BCUT2D eigenvalue weighted by molar-refractivity contribution is 0.124. The molecule has 0 spiro atoms. The molecular formula is C16H8N6. The molecule has 2 unspecified atom stereocenters. The fraction of sp³-hybridized carbons (Fsp3) is 0.250. The normalized spacial score (nSPS) is 29.9. The predicted molar refractivity (Wildman–Crippen MR) is 72.9 cm³/mol. The summed E-state index contributed by atoms with van der Waals surface area (Å²) in [5.74, 6) is 0. The molecule has 0 aromatic carbocycles. The first-order chi connectivity index (χ1) is 10.4. The van der Waals surface area contributed by atoms with Crippen molar-refractivity contribution >= 4 is 0 Å². The molecule has 0 aromatic heterocycles. The summed E-state index contributed by atoms with van der Waals surface area (Å²) in [6.45, 7) is 6.96. The van der Waals surface area contributed by atoms with Crippen LogP contribution >= 0.6 is 0 Å². The van der Waals surface area contributed by atoms with Gasteiger partial charge in [-0.3, -0.25) is 0 Å². The fourth-order valence-electron chi connectivity index (χ4n) is 2.72. The summed E-state index contributed by atoms with van der Waals surface area (Å²) >= 11 is 0. The van der Waals surface area contributed by atoms with Crippen LogP contribution in [0.3, 0.4) is 0 Å². The SMILES string of the molecule is C=CC1(C#N)C=CC(C#N)(C#N)C(C#N)(C#N)C1(C#N)C=C. The summed E-state index contributed by atoms with van der Waals surface area (Å²) in [5, 5.41) is 57.2. The largest absolute Gasteiger partial charge is 0.203 e. The summed E-state index contributed by atoms with van der Waals surface area (Å²) in [7, 11) is 0. The molecule has 0 amide bonds. The van der Waals surface area contributed by atoms with Crippen molar-refractivity contribution in [3.63, 3.8) is 0 Å². The number of rotatable bonds is 2. The standard InChI is InChI=1S/C16H8N6/c1-3-13(7-17)5-6-14(8-18,9-19)16(11-21,12-22)15(13,4-2)10-20/h3-6H,1-2H2. The molecule has 1 aliphatic rings. The van der Waals surface area contributed by atoms with E-state index in [-0.39, 0.29) is 0 Å². The molecule has 6 nitrogen and oxygen atoms in total. The van der Waals surface area contributed by atoms with Crippen molar-refractivity contribution in [2.45, 2.75) is 0 Å². The lowest BCUT2D eigenvalue weighted by atomic mass is 9.42. The van der Waals surface area contributed by atoms with Crippen LogP contribution in [0.4, 0.5) is 0 Å². The Morgan fingerprint density at radius 2 is 1.23 bits per heavy atom. The Morgan fingerprint density at radius 3 is 1.50 bits per heavy atom. The van der Waals surface area contributed by atoms with Gasteiger partial charge in [-0.1, -0.05) is 18.2 Å². The van der Waals surface area contributed by atoms with E-state index < -0.39 is 21.7 Å². The third-order valence-corrected chi connectivity index (χ3v) is 4.11. The van der Waals surface area contributed by atoms with Crippen molar-refractivity contribution in [2.75, 3.05) is 0 Å². The molecule has 0 fully saturated rings. The maximum absolute atomic E-state index is 9.69. The van der Waals surface area contributed by atoms with Crippen molar-refractivity contribution in [3.8, 4) is 36.4 Å². The lowest BCUT2D eigenvalue weighted by Crippen LogP contribution is -2.58. The molecule has 2 atom stereocenters. The minimum Gasteiger partial charge on any atom is -0.197 e. The first kappa shape index (κ1) is 16.2. The zero-order valence-electron chi connectivity index (χ0n) is 11.4. The number of allylic oxidation sites excluding steroid dienone is 4. The smallest absolute Gasteiger partial charge is 0.197 e. The van der Waals surface area contributed by atoms with Crippen molar-refractivity contribution in [1.29, 1.82) is 31.6 Å². The fourth-order valence-corrected chi connectivity index (χ4v) is 2.72. The molecule has 6 heteroatoms. The number of hydrogen-bond acceptors (Lipinski definition) is 6. The highest BCUT2D eigenvalue weighted by Gasteiger charge is 2.73. The van der Waals surface area contributed by atoms with E-state index in [2.05, 4.69) is 13.2 Å². The van der Waals surface area contributed by atoms with Crippen molar-refractivity contribution in [2.24, 2.45) is 21.7 Å². The van der Waals surface area contributed by atoms with Gasteiger partial charge in [0.15, 0.2) is 5.41 Å². The molecule has 0 bridgehead atoms. The molecule has 1 rings (SSSR count). The Kier molecular flexibility index (Phi) is 3.63. The molecule has 0 aliphatic heterocycles. The van der Waals surface area contributed by atoms with Crippen LogP contribution in [0.1, 0.15) is 0 Å². The van der Waals surface area contributed by atoms with Crippen LogP contribution in [0.25, 0.3) is 0 Å². The zero-order chi connectivity index (χ0) is 17.1. The molecule has 22 heavy (non-hydrogen) atoms. The maximum Gasteiger partial charge on any atom is 0.203 e. The highest BCUT2D eigenvalue weighted by atomic mass is 14.7. The van der Waals surface area contributed by atoms with Gasteiger partial charge in [-0.2, -0.15) is 31.6 Å². The van der Waals surface area contributed by atoms with Gasteiger partial charge in [0, 0.05) is 0 Å². The monoisotopic (exact) mass is 284 g/mol. The molecule has 0 saturated heterocycles. The van der Waals surface area contributed by atoms with Crippen molar-refractivity contribution in [1.82, 2.24) is 0 Å². The molecule has 0 saturated carbocycles. The first-order valence-corrected chi connectivity index (χ1v) is 5.90. The van der Waals surface area contributed by atoms with Gasteiger partial charge < -0.3 is 0 Å². The van der Waals surface area contributed by atoms with Crippen LogP contribution < -0.4 is 0 Å².